The van der Waals surface area contributed by atoms with Crippen molar-refractivity contribution in [3.63, 3.8) is 0 Å². The zero-order valence-corrected chi connectivity index (χ0v) is 17.9. The van der Waals surface area contributed by atoms with Crippen molar-refractivity contribution < 1.29 is 17.9 Å². The Balaban J connectivity index is 2.16. The summed E-state index contributed by atoms with van der Waals surface area (Å²) in [5.41, 5.74) is 1.88. The van der Waals surface area contributed by atoms with E-state index in [1.54, 1.807) is 60.2 Å². The SMILES string of the molecule is CCOC(=O)CN(c1ccccc1-n1cccc1S)S(=O)(=O)c1ccc(C)cc1. The van der Waals surface area contributed by atoms with Crippen LogP contribution >= 0.6 is 12.6 Å². The van der Waals surface area contributed by atoms with Crippen LogP contribution in [0.25, 0.3) is 5.69 Å². The van der Waals surface area contributed by atoms with Crippen molar-refractivity contribution in [2.24, 2.45) is 0 Å². The van der Waals surface area contributed by atoms with Crippen LogP contribution in [0, 0.1) is 6.92 Å². The summed E-state index contributed by atoms with van der Waals surface area (Å²) in [6.45, 7) is 3.28. The molecule has 1 heterocycles. The molecule has 8 heteroatoms. The minimum Gasteiger partial charge on any atom is -0.465 e. The second-order valence-corrected chi connectivity index (χ2v) is 8.68. The molecule has 0 spiro atoms. The van der Waals surface area contributed by atoms with Gasteiger partial charge in [0.05, 0.1) is 27.9 Å². The second-order valence-electron chi connectivity index (χ2n) is 6.35. The fourth-order valence-corrected chi connectivity index (χ4v) is 4.60. The molecular weight excluding hydrogens is 408 g/mol. The number of nitrogens with zero attached hydrogens (tertiary/aromatic N) is 2. The molecular formula is C21H22N2O4S2. The Bertz CT molecular complexity index is 1110. The van der Waals surface area contributed by atoms with E-state index < -0.39 is 22.5 Å². The zero-order valence-electron chi connectivity index (χ0n) is 16.1. The molecule has 1 aromatic heterocycles. The van der Waals surface area contributed by atoms with E-state index in [0.717, 1.165) is 9.87 Å². The van der Waals surface area contributed by atoms with Crippen LogP contribution in [0.2, 0.25) is 0 Å². The first-order chi connectivity index (χ1) is 13.8. The predicted octanol–water partition coefficient (Wildman–Crippen LogP) is 3.83. The Labute approximate surface area is 176 Å². The van der Waals surface area contributed by atoms with Crippen molar-refractivity contribution in [1.29, 1.82) is 0 Å². The molecule has 0 fully saturated rings. The van der Waals surface area contributed by atoms with Gasteiger partial charge >= 0.3 is 5.97 Å². The Kier molecular flexibility index (Phi) is 6.34. The highest BCUT2D eigenvalue weighted by atomic mass is 32.2. The number of ether oxygens (including phenoxy) is 1. The molecule has 0 radical (unpaired) electrons. The lowest BCUT2D eigenvalue weighted by Gasteiger charge is -2.26. The van der Waals surface area contributed by atoms with Gasteiger partial charge in [0.25, 0.3) is 10.0 Å². The topological polar surface area (TPSA) is 68.6 Å². The molecule has 0 saturated carbocycles. The minimum atomic E-state index is -4.02. The van der Waals surface area contributed by atoms with Crippen LogP contribution in [-0.4, -0.2) is 32.1 Å². The first-order valence-corrected chi connectivity index (χ1v) is 10.9. The number of carbonyl (C=O) groups excluding carboxylic acids is 1. The average Bonchev–Trinajstić information content (AvgIpc) is 3.12. The van der Waals surface area contributed by atoms with Gasteiger partial charge in [0.2, 0.25) is 0 Å². The molecule has 0 aliphatic heterocycles. The third-order valence-electron chi connectivity index (χ3n) is 4.32. The average molecular weight is 431 g/mol. The molecule has 0 aliphatic carbocycles. The van der Waals surface area contributed by atoms with Gasteiger partial charge in [0, 0.05) is 6.20 Å². The van der Waals surface area contributed by atoms with Crippen molar-refractivity contribution in [2.45, 2.75) is 23.8 Å². The third-order valence-corrected chi connectivity index (χ3v) is 6.46. The van der Waals surface area contributed by atoms with Gasteiger partial charge in [-0.15, -0.1) is 12.6 Å². The van der Waals surface area contributed by atoms with Gasteiger partial charge in [-0.1, -0.05) is 29.8 Å². The van der Waals surface area contributed by atoms with E-state index in [9.17, 15) is 13.2 Å². The number of hydrogen-bond donors (Lipinski definition) is 1. The van der Waals surface area contributed by atoms with Gasteiger partial charge in [-0.2, -0.15) is 0 Å². The van der Waals surface area contributed by atoms with E-state index in [2.05, 4.69) is 12.6 Å². The lowest BCUT2D eigenvalue weighted by molar-refractivity contribution is -0.141. The number of sulfonamides is 1. The van der Waals surface area contributed by atoms with E-state index in [0.29, 0.717) is 16.4 Å². The van der Waals surface area contributed by atoms with Gasteiger partial charge in [-0.3, -0.25) is 9.10 Å². The fourth-order valence-electron chi connectivity index (χ4n) is 2.92. The molecule has 0 bridgehead atoms. The minimum absolute atomic E-state index is 0.0980. The van der Waals surface area contributed by atoms with E-state index in [1.807, 2.05) is 13.0 Å². The van der Waals surface area contributed by atoms with Crippen molar-refractivity contribution in [2.75, 3.05) is 17.5 Å². The summed E-state index contributed by atoms with van der Waals surface area (Å²) >= 11 is 4.44. The van der Waals surface area contributed by atoms with E-state index in [1.165, 1.54) is 12.1 Å². The molecule has 29 heavy (non-hydrogen) atoms. The molecule has 0 atom stereocenters. The molecule has 0 N–H and O–H groups in total. The summed E-state index contributed by atoms with van der Waals surface area (Å²) in [6.07, 6.45) is 1.78. The predicted molar refractivity (Wildman–Crippen MR) is 115 cm³/mol. The quantitative estimate of drug-likeness (QED) is 0.457. The number of aromatic nitrogens is 1. The number of thiol groups is 1. The lowest BCUT2D eigenvalue weighted by Crippen LogP contribution is -2.37. The molecule has 0 amide bonds. The fraction of sp³-hybridized carbons (Fsp3) is 0.190. The first-order valence-electron chi connectivity index (χ1n) is 9.05. The van der Waals surface area contributed by atoms with Crippen LogP contribution in [0.15, 0.2) is 76.8 Å². The summed E-state index contributed by atoms with van der Waals surface area (Å²) in [4.78, 5) is 12.4. The van der Waals surface area contributed by atoms with Gasteiger partial charge in [-0.05, 0) is 50.2 Å². The van der Waals surface area contributed by atoms with Crippen LogP contribution in [0.4, 0.5) is 5.69 Å². The normalized spacial score (nSPS) is 11.3. The highest BCUT2D eigenvalue weighted by molar-refractivity contribution is 7.92. The maximum Gasteiger partial charge on any atom is 0.326 e. The summed E-state index contributed by atoms with van der Waals surface area (Å²) in [5.74, 6) is -0.628. The molecule has 3 aromatic rings. The largest absolute Gasteiger partial charge is 0.465 e. The molecule has 0 unspecified atom stereocenters. The van der Waals surface area contributed by atoms with Crippen LogP contribution in [0.1, 0.15) is 12.5 Å². The van der Waals surface area contributed by atoms with Crippen LogP contribution < -0.4 is 4.31 Å². The first kappa shape index (κ1) is 21.0. The van der Waals surface area contributed by atoms with Gasteiger partial charge < -0.3 is 9.30 Å². The van der Waals surface area contributed by atoms with Crippen LogP contribution in [-0.2, 0) is 19.6 Å². The van der Waals surface area contributed by atoms with Crippen molar-refractivity contribution in [3.05, 3.63) is 72.4 Å². The third kappa shape index (κ3) is 4.49. The maximum absolute atomic E-state index is 13.5. The van der Waals surface area contributed by atoms with Gasteiger partial charge in [0.15, 0.2) is 0 Å². The zero-order chi connectivity index (χ0) is 21.0. The van der Waals surface area contributed by atoms with E-state index in [4.69, 9.17) is 4.74 Å². The van der Waals surface area contributed by atoms with Crippen molar-refractivity contribution in [3.8, 4) is 5.69 Å². The van der Waals surface area contributed by atoms with Crippen LogP contribution in [0.5, 0.6) is 0 Å². The standard InChI is InChI=1S/C21H22N2O4S2/c1-3-27-21(24)15-23(29(25,26)17-12-10-16(2)11-13-17)19-8-5-4-7-18(19)22-14-6-9-20(22)28/h4-14,28H,3,15H2,1-2H3. The van der Waals surface area contributed by atoms with Gasteiger partial charge in [0.1, 0.15) is 6.54 Å². The summed E-state index contributed by atoms with van der Waals surface area (Å²) < 4.78 is 34.8. The molecule has 3 rings (SSSR count). The molecule has 6 nitrogen and oxygen atoms in total. The maximum atomic E-state index is 13.5. The molecule has 152 valence electrons. The molecule has 0 aliphatic rings. The number of benzene rings is 2. The highest BCUT2D eigenvalue weighted by Gasteiger charge is 2.29. The number of hydrogen-bond acceptors (Lipinski definition) is 5. The summed E-state index contributed by atoms with van der Waals surface area (Å²) in [7, 11) is -4.02. The van der Waals surface area contributed by atoms with Crippen molar-refractivity contribution >= 4 is 34.3 Å². The smallest absolute Gasteiger partial charge is 0.326 e. The molecule has 0 saturated heterocycles. The monoisotopic (exact) mass is 430 g/mol. The summed E-state index contributed by atoms with van der Waals surface area (Å²) in [5, 5.41) is 0.640. The number of carbonyl (C=O) groups is 1. The number of para-hydroxylation sites is 2. The Morgan fingerprint density at radius 2 is 1.76 bits per heavy atom. The lowest BCUT2D eigenvalue weighted by atomic mass is 10.2. The van der Waals surface area contributed by atoms with Crippen molar-refractivity contribution in [1.82, 2.24) is 4.57 Å². The summed E-state index contributed by atoms with van der Waals surface area (Å²) in [6, 6.07) is 17.1. The Morgan fingerprint density at radius 1 is 1.07 bits per heavy atom. The second kappa shape index (κ2) is 8.75. The number of aryl methyl sites for hydroxylation is 1. The van der Waals surface area contributed by atoms with E-state index in [-0.39, 0.29) is 11.5 Å². The van der Waals surface area contributed by atoms with Crippen LogP contribution in [0.3, 0.4) is 0 Å². The van der Waals surface area contributed by atoms with E-state index >= 15 is 0 Å². The Hall–Kier alpha value is -2.71. The number of rotatable bonds is 7. The number of esters is 1. The van der Waals surface area contributed by atoms with Gasteiger partial charge in [-0.25, -0.2) is 8.42 Å². The molecule has 2 aromatic carbocycles. The highest BCUT2D eigenvalue weighted by Crippen LogP contribution is 2.31. The Morgan fingerprint density at radius 3 is 2.38 bits per heavy atom. The number of anilines is 1.